The third-order valence-corrected chi connectivity index (χ3v) is 7.30. The molecule has 30 heavy (non-hydrogen) atoms. The fourth-order valence-corrected chi connectivity index (χ4v) is 5.60. The van der Waals surface area contributed by atoms with Gasteiger partial charge in [0.25, 0.3) is 0 Å². The Morgan fingerprint density at radius 3 is 2.77 bits per heavy atom. The van der Waals surface area contributed by atoms with Crippen molar-refractivity contribution in [2.75, 3.05) is 39.5 Å². The minimum absolute atomic E-state index is 0.145. The van der Waals surface area contributed by atoms with Crippen molar-refractivity contribution in [1.82, 2.24) is 20.7 Å². The molecule has 2 aliphatic heterocycles. The Hall–Kier alpha value is -2.00. The average molecular weight is 431 g/mol. The molecule has 162 valence electrons. The highest BCUT2D eigenvalue weighted by atomic mass is 32.2. The molecule has 3 atom stereocenters. The average Bonchev–Trinajstić information content (AvgIpc) is 3.21. The van der Waals surface area contributed by atoms with Crippen molar-refractivity contribution in [3.8, 4) is 5.75 Å². The van der Waals surface area contributed by atoms with Crippen LogP contribution in [-0.2, 0) is 9.84 Å². The fraction of sp³-hybridized carbons (Fsp3) is 0.500. The Morgan fingerprint density at radius 1 is 1.23 bits per heavy atom. The Balaban J connectivity index is 1.46. The van der Waals surface area contributed by atoms with Crippen molar-refractivity contribution < 1.29 is 13.2 Å². The van der Waals surface area contributed by atoms with E-state index in [1.807, 2.05) is 12.1 Å². The summed E-state index contributed by atoms with van der Waals surface area (Å²) in [4.78, 5) is 7.31. The fourth-order valence-electron chi connectivity index (χ4n) is 4.67. The number of nitrogens with zero attached hydrogens (tertiary/aromatic N) is 2. The molecule has 3 heterocycles. The number of sulfone groups is 1. The first-order valence-corrected chi connectivity index (χ1v) is 12.3. The van der Waals surface area contributed by atoms with Gasteiger partial charge >= 0.3 is 0 Å². The van der Waals surface area contributed by atoms with Crippen molar-refractivity contribution >= 4 is 9.84 Å². The number of piperidine rings is 1. The second-order valence-corrected chi connectivity index (χ2v) is 10.3. The molecule has 1 aromatic carbocycles. The maximum absolute atomic E-state index is 12.2. The van der Waals surface area contributed by atoms with Gasteiger partial charge in [-0.2, -0.15) is 0 Å². The van der Waals surface area contributed by atoms with E-state index in [1.54, 1.807) is 25.4 Å². The highest BCUT2D eigenvalue weighted by Crippen LogP contribution is 2.32. The van der Waals surface area contributed by atoms with Crippen LogP contribution in [0.3, 0.4) is 0 Å². The minimum atomic E-state index is -3.28. The van der Waals surface area contributed by atoms with E-state index >= 15 is 0 Å². The molecule has 1 aromatic heterocycles. The predicted octanol–water partition coefficient (Wildman–Crippen LogP) is 2.14. The zero-order valence-electron chi connectivity index (χ0n) is 17.5. The standard InChI is InChI=1S/C22H30N4O3S/c1-29-19-9-7-16(8-10-19)21-18(13-24-25-21)15-26-12-4-5-17(14-26)22-20(30(2,27)28)6-3-11-23-22/h3,6-11,17-18,21,24-25H,4-5,12-15H2,1-2H3. The normalized spacial score (nSPS) is 25.3. The van der Waals surface area contributed by atoms with Gasteiger partial charge in [0.05, 0.1) is 23.7 Å². The van der Waals surface area contributed by atoms with Crippen LogP contribution in [0.2, 0.25) is 0 Å². The molecule has 3 unspecified atom stereocenters. The predicted molar refractivity (Wildman–Crippen MR) is 116 cm³/mol. The van der Waals surface area contributed by atoms with Crippen LogP contribution in [0.5, 0.6) is 5.75 Å². The van der Waals surface area contributed by atoms with E-state index in [0.29, 0.717) is 10.8 Å². The van der Waals surface area contributed by atoms with E-state index in [9.17, 15) is 8.42 Å². The van der Waals surface area contributed by atoms with Gasteiger partial charge in [0.2, 0.25) is 0 Å². The zero-order valence-corrected chi connectivity index (χ0v) is 18.4. The zero-order chi connectivity index (χ0) is 21.1. The van der Waals surface area contributed by atoms with E-state index in [2.05, 4.69) is 32.9 Å². The maximum atomic E-state index is 12.2. The summed E-state index contributed by atoms with van der Waals surface area (Å²) in [5.41, 5.74) is 8.68. The van der Waals surface area contributed by atoms with Gasteiger partial charge in [-0.15, -0.1) is 0 Å². The summed E-state index contributed by atoms with van der Waals surface area (Å²) in [6.07, 6.45) is 4.99. The van der Waals surface area contributed by atoms with Gasteiger partial charge in [-0.05, 0) is 49.2 Å². The van der Waals surface area contributed by atoms with Gasteiger partial charge in [0, 0.05) is 43.9 Å². The summed E-state index contributed by atoms with van der Waals surface area (Å²) in [5.74, 6) is 1.43. The van der Waals surface area contributed by atoms with Crippen molar-refractivity contribution in [2.24, 2.45) is 5.92 Å². The lowest BCUT2D eigenvalue weighted by molar-refractivity contribution is 0.174. The number of ether oxygens (including phenoxy) is 1. The van der Waals surface area contributed by atoms with Crippen LogP contribution in [-0.4, -0.2) is 57.8 Å². The molecular formula is C22H30N4O3S. The maximum Gasteiger partial charge on any atom is 0.177 e. The van der Waals surface area contributed by atoms with E-state index in [4.69, 9.17) is 4.74 Å². The molecule has 2 saturated heterocycles. The molecule has 0 radical (unpaired) electrons. The van der Waals surface area contributed by atoms with Crippen LogP contribution >= 0.6 is 0 Å². The minimum Gasteiger partial charge on any atom is -0.497 e. The van der Waals surface area contributed by atoms with Gasteiger partial charge in [0.15, 0.2) is 9.84 Å². The molecule has 2 N–H and O–H groups in total. The van der Waals surface area contributed by atoms with E-state index < -0.39 is 9.84 Å². The molecule has 2 aliphatic rings. The quantitative estimate of drug-likeness (QED) is 0.726. The number of nitrogens with one attached hydrogen (secondary N) is 2. The Morgan fingerprint density at radius 2 is 2.03 bits per heavy atom. The van der Waals surface area contributed by atoms with Crippen LogP contribution < -0.4 is 15.6 Å². The highest BCUT2D eigenvalue weighted by molar-refractivity contribution is 7.90. The van der Waals surface area contributed by atoms with E-state index in [1.165, 1.54) is 11.8 Å². The summed E-state index contributed by atoms with van der Waals surface area (Å²) in [6.45, 7) is 3.72. The number of likely N-dealkylation sites (tertiary alicyclic amines) is 1. The van der Waals surface area contributed by atoms with Crippen LogP contribution in [0.1, 0.15) is 36.1 Å². The Bertz CT molecular complexity index is 965. The van der Waals surface area contributed by atoms with Crippen molar-refractivity contribution in [2.45, 2.75) is 29.7 Å². The number of methoxy groups -OCH3 is 1. The smallest absolute Gasteiger partial charge is 0.177 e. The van der Waals surface area contributed by atoms with Crippen LogP contribution in [0.25, 0.3) is 0 Å². The molecule has 2 aromatic rings. The van der Waals surface area contributed by atoms with Gasteiger partial charge in [-0.3, -0.25) is 10.4 Å². The van der Waals surface area contributed by atoms with E-state index in [0.717, 1.165) is 50.5 Å². The van der Waals surface area contributed by atoms with Gasteiger partial charge in [-0.1, -0.05) is 12.1 Å². The Labute approximate surface area is 178 Å². The first-order chi connectivity index (χ1) is 14.5. The van der Waals surface area contributed by atoms with Crippen LogP contribution in [0.15, 0.2) is 47.5 Å². The summed E-state index contributed by atoms with van der Waals surface area (Å²) in [6, 6.07) is 11.8. The number of hydrazine groups is 1. The van der Waals surface area contributed by atoms with Crippen molar-refractivity contribution in [3.05, 3.63) is 53.9 Å². The van der Waals surface area contributed by atoms with Gasteiger partial charge in [-0.25, -0.2) is 13.8 Å². The third kappa shape index (κ3) is 4.67. The molecular weight excluding hydrogens is 400 g/mol. The Kier molecular flexibility index (Phi) is 6.38. The second kappa shape index (κ2) is 9.01. The van der Waals surface area contributed by atoms with Crippen molar-refractivity contribution in [1.29, 1.82) is 0 Å². The van der Waals surface area contributed by atoms with Crippen LogP contribution in [0.4, 0.5) is 0 Å². The summed E-state index contributed by atoms with van der Waals surface area (Å²) in [5, 5.41) is 0. The largest absolute Gasteiger partial charge is 0.497 e. The lowest BCUT2D eigenvalue weighted by Gasteiger charge is -2.35. The summed E-state index contributed by atoms with van der Waals surface area (Å²) in [7, 11) is -1.61. The number of hydrogen-bond donors (Lipinski definition) is 2. The molecule has 2 fully saturated rings. The number of hydrogen-bond acceptors (Lipinski definition) is 7. The lowest BCUT2D eigenvalue weighted by atomic mass is 9.90. The highest BCUT2D eigenvalue weighted by Gasteiger charge is 2.33. The molecule has 7 nitrogen and oxygen atoms in total. The molecule has 0 aliphatic carbocycles. The van der Waals surface area contributed by atoms with Crippen molar-refractivity contribution in [3.63, 3.8) is 0 Å². The first-order valence-electron chi connectivity index (χ1n) is 10.5. The number of aromatic nitrogens is 1. The molecule has 0 saturated carbocycles. The van der Waals surface area contributed by atoms with Crippen LogP contribution in [0, 0.1) is 5.92 Å². The summed E-state index contributed by atoms with van der Waals surface area (Å²) >= 11 is 0. The SMILES string of the molecule is COc1ccc(C2NNCC2CN2CCCC(c3ncccc3S(C)(=O)=O)C2)cc1. The first kappa shape index (κ1) is 21.2. The van der Waals surface area contributed by atoms with Gasteiger partial charge < -0.3 is 9.64 Å². The molecule has 4 rings (SSSR count). The molecule has 0 bridgehead atoms. The van der Waals surface area contributed by atoms with E-state index in [-0.39, 0.29) is 12.0 Å². The number of pyridine rings is 1. The monoisotopic (exact) mass is 430 g/mol. The number of rotatable bonds is 6. The molecule has 0 amide bonds. The molecule has 0 spiro atoms. The lowest BCUT2D eigenvalue weighted by Crippen LogP contribution is -2.40. The topological polar surface area (TPSA) is 83.6 Å². The second-order valence-electron chi connectivity index (χ2n) is 8.29. The summed E-state index contributed by atoms with van der Waals surface area (Å²) < 4.78 is 29.7. The van der Waals surface area contributed by atoms with Gasteiger partial charge in [0.1, 0.15) is 5.75 Å². The molecule has 8 heteroatoms. The number of benzene rings is 1. The third-order valence-electron chi connectivity index (χ3n) is 6.15.